The molecule has 0 saturated heterocycles. The Balaban J connectivity index is 2.19. The Morgan fingerprint density at radius 1 is 0.970 bits per heavy atom. The Kier molecular flexibility index (Phi) is 7.44. The number of hydrogen-bond donors (Lipinski definition) is 0. The van der Waals surface area contributed by atoms with Crippen LogP contribution in [0.3, 0.4) is 0 Å². The number of carbonyl (C=O) groups is 2. The minimum absolute atomic E-state index is 0.199. The van der Waals surface area contributed by atoms with Gasteiger partial charge in [-0.15, -0.1) is 0 Å². The van der Waals surface area contributed by atoms with Crippen LogP contribution in [0.2, 0.25) is 5.02 Å². The zero-order chi connectivity index (χ0) is 24.2. The molecular formula is C27H28ClNO4. The van der Waals surface area contributed by atoms with Crippen molar-refractivity contribution in [2.24, 2.45) is 0 Å². The van der Waals surface area contributed by atoms with Gasteiger partial charge in [0.2, 0.25) is 0 Å². The number of rotatable bonds is 5. The van der Waals surface area contributed by atoms with Gasteiger partial charge in [0.1, 0.15) is 0 Å². The second kappa shape index (κ2) is 10.1. The van der Waals surface area contributed by atoms with E-state index in [0.29, 0.717) is 27.7 Å². The van der Waals surface area contributed by atoms with Crippen LogP contribution >= 0.6 is 11.6 Å². The van der Waals surface area contributed by atoms with Gasteiger partial charge in [-0.3, -0.25) is 0 Å². The highest BCUT2D eigenvalue weighted by Gasteiger charge is 2.28. The van der Waals surface area contributed by atoms with Gasteiger partial charge in [-0.25, -0.2) is 14.5 Å². The zero-order valence-electron chi connectivity index (χ0n) is 19.5. The van der Waals surface area contributed by atoms with Crippen molar-refractivity contribution in [1.82, 2.24) is 0 Å². The Bertz CT molecular complexity index is 1140. The van der Waals surface area contributed by atoms with Crippen LogP contribution in [-0.4, -0.2) is 18.7 Å². The van der Waals surface area contributed by atoms with Gasteiger partial charge in [-0.05, 0) is 72.9 Å². The van der Waals surface area contributed by atoms with Crippen LogP contribution < -0.4 is 9.64 Å². The van der Waals surface area contributed by atoms with Crippen LogP contribution in [0.15, 0.2) is 66.7 Å². The van der Waals surface area contributed by atoms with E-state index in [1.165, 1.54) is 4.90 Å². The van der Waals surface area contributed by atoms with Gasteiger partial charge in [-0.2, -0.15) is 0 Å². The predicted molar refractivity (Wildman–Crippen MR) is 132 cm³/mol. The number of anilines is 2. The Labute approximate surface area is 199 Å². The van der Waals surface area contributed by atoms with Gasteiger partial charge < -0.3 is 9.47 Å². The molecule has 0 fully saturated rings. The Morgan fingerprint density at radius 2 is 1.61 bits per heavy atom. The summed E-state index contributed by atoms with van der Waals surface area (Å²) in [6.45, 7) is 10.1. The first-order valence-electron chi connectivity index (χ1n) is 10.8. The molecule has 0 N–H and O–H groups in total. The molecule has 1 amide bonds. The maximum Gasteiger partial charge on any atom is 0.419 e. The average Bonchev–Trinajstić information content (AvgIpc) is 2.76. The molecule has 0 atom stereocenters. The smallest absolute Gasteiger partial charge is 0.419 e. The van der Waals surface area contributed by atoms with Gasteiger partial charge in [0, 0.05) is 5.02 Å². The third-order valence-corrected chi connectivity index (χ3v) is 5.35. The van der Waals surface area contributed by atoms with E-state index < -0.39 is 12.1 Å². The molecule has 33 heavy (non-hydrogen) atoms. The predicted octanol–water partition coefficient (Wildman–Crippen LogP) is 7.46. The van der Waals surface area contributed by atoms with Crippen molar-refractivity contribution >= 4 is 35.0 Å². The highest BCUT2D eigenvalue weighted by atomic mass is 35.5. The summed E-state index contributed by atoms with van der Waals surface area (Å²) >= 11 is 5.95. The van der Waals surface area contributed by atoms with Gasteiger partial charge >= 0.3 is 12.1 Å². The minimum Gasteiger partial charge on any atom is -0.449 e. The standard InChI is InChI=1S/C27H28ClNO4/c1-6-32-26(31)29(22-10-8-7-9-11-22)23-17-20(27(3,4)5)16-18(2)24(23)33-25(30)19-12-14-21(28)15-13-19/h7-17H,6H2,1-5H3. The summed E-state index contributed by atoms with van der Waals surface area (Å²) < 4.78 is 11.2. The number of benzene rings is 3. The first kappa shape index (κ1) is 24.3. The molecule has 3 rings (SSSR count). The summed E-state index contributed by atoms with van der Waals surface area (Å²) in [5.41, 5.74) is 2.91. The van der Waals surface area contributed by atoms with E-state index in [9.17, 15) is 9.59 Å². The van der Waals surface area contributed by atoms with Crippen molar-refractivity contribution in [2.45, 2.75) is 40.0 Å². The van der Waals surface area contributed by atoms with E-state index in [4.69, 9.17) is 21.1 Å². The molecule has 0 heterocycles. The van der Waals surface area contributed by atoms with Crippen molar-refractivity contribution in [2.75, 3.05) is 11.5 Å². The summed E-state index contributed by atoms with van der Waals surface area (Å²) in [5, 5.41) is 0.524. The maximum absolute atomic E-state index is 13.1. The van der Waals surface area contributed by atoms with E-state index in [1.54, 1.807) is 43.3 Å². The highest BCUT2D eigenvalue weighted by Crippen LogP contribution is 2.41. The third kappa shape index (κ3) is 5.74. The molecule has 0 aliphatic heterocycles. The lowest BCUT2D eigenvalue weighted by Crippen LogP contribution is -2.28. The molecule has 172 valence electrons. The van der Waals surface area contributed by atoms with Crippen molar-refractivity contribution in [3.8, 4) is 5.75 Å². The largest absolute Gasteiger partial charge is 0.449 e. The van der Waals surface area contributed by atoms with Crippen molar-refractivity contribution in [3.63, 3.8) is 0 Å². The number of amides is 1. The molecule has 0 saturated carbocycles. The first-order valence-corrected chi connectivity index (χ1v) is 11.1. The van der Waals surface area contributed by atoms with E-state index in [0.717, 1.165) is 11.1 Å². The molecule has 3 aromatic carbocycles. The van der Waals surface area contributed by atoms with Gasteiger partial charge in [0.05, 0.1) is 23.5 Å². The van der Waals surface area contributed by atoms with Crippen LogP contribution in [0.1, 0.15) is 49.2 Å². The Hall–Kier alpha value is -3.31. The van der Waals surface area contributed by atoms with Crippen LogP contribution in [0.25, 0.3) is 0 Å². The molecule has 0 aliphatic carbocycles. The minimum atomic E-state index is -0.557. The lowest BCUT2D eigenvalue weighted by atomic mass is 9.85. The number of aryl methyl sites for hydroxylation is 1. The third-order valence-electron chi connectivity index (χ3n) is 5.10. The fraction of sp³-hybridized carbons (Fsp3) is 0.259. The topological polar surface area (TPSA) is 55.8 Å². The molecule has 6 heteroatoms. The number of ether oxygens (including phenoxy) is 2. The fourth-order valence-corrected chi connectivity index (χ4v) is 3.46. The van der Waals surface area contributed by atoms with Crippen molar-refractivity contribution in [3.05, 3.63) is 88.4 Å². The van der Waals surface area contributed by atoms with E-state index >= 15 is 0 Å². The second-order valence-electron chi connectivity index (χ2n) is 8.66. The summed E-state index contributed by atoms with van der Waals surface area (Å²) in [6.07, 6.45) is -0.557. The highest BCUT2D eigenvalue weighted by molar-refractivity contribution is 6.30. The lowest BCUT2D eigenvalue weighted by molar-refractivity contribution is 0.0733. The normalized spacial score (nSPS) is 11.1. The SMILES string of the molecule is CCOC(=O)N(c1ccccc1)c1cc(C(C)(C)C)cc(C)c1OC(=O)c1ccc(Cl)cc1. The molecule has 0 bridgehead atoms. The van der Waals surface area contributed by atoms with E-state index in [-0.39, 0.29) is 12.0 Å². The maximum atomic E-state index is 13.1. The summed E-state index contributed by atoms with van der Waals surface area (Å²) in [7, 11) is 0. The van der Waals surface area contributed by atoms with Crippen molar-refractivity contribution < 1.29 is 19.1 Å². The molecule has 0 spiro atoms. The van der Waals surface area contributed by atoms with Gasteiger partial charge in [-0.1, -0.05) is 56.6 Å². The zero-order valence-corrected chi connectivity index (χ0v) is 20.3. The monoisotopic (exact) mass is 465 g/mol. The molecule has 0 unspecified atom stereocenters. The second-order valence-corrected chi connectivity index (χ2v) is 9.09. The quantitative estimate of drug-likeness (QED) is 0.290. The summed E-state index contributed by atoms with van der Waals surface area (Å²) in [6, 6.07) is 19.5. The molecule has 3 aromatic rings. The lowest BCUT2D eigenvalue weighted by Gasteiger charge is -2.28. The summed E-state index contributed by atoms with van der Waals surface area (Å²) in [4.78, 5) is 27.5. The number of halogens is 1. The van der Waals surface area contributed by atoms with Crippen molar-refractivity contribution in [1.29, 1.82) is 0 Å². The van der Waals surface area contributed by atoms with Crippen LogP contribution in [0, 0.1) is 6.92 Å². The molecule has 0 aliphatic rings. The Morgan fingerprint density at radius 3 is 2.18 bits per heavy atom. The molecular weight excluding hydrogens is 438 g/mol. The first-order chi connectivity index (χ1) is 15.6. The molecule has 5 nitrogen and oxygen atoms in total. The number of para-hydroxylation sites is 1. The van der Waals surface area contributed by atoms with Crippen LogP contribution in [0.5, 0.6) is 5.75 Å². The number of hydrogen-bond acceptors (Lipinski definition) is 4. The van der Waals surface area contributed by atoms with Gasteiger partial charge in [0.25, 0.3) is 0 Å². The molecule has 0 aromatic heterocycles. The summed E-state index contributed by atoms with van der Waals surface area (Å²) in [5.74, 6) is -0.253. The fourth-order valence-electron chi connectivity index (χ4n) is 3.33. The number of carbonyl (C=O) groups excluding carboxylic acids is 2. The average molecular weight is 466 g/mol. The van der Waals surface area contributed by atoms with Crippen LogP contribution in [0.4, 0.5) is 16.2 Å². The number of nitrogens with zero attached hydrogens (tertiary/aromatic N) is 1. The molecule has 0 radical (unpaired) electrons. The van der Waals surface area contributed by atoms with Crippen LogP contribution in [-0.2, 0) is 10.2 Å². The van der Waals surface area contributed by atoms with E-state index in [2.05, 4.69) is 20.8 Å². The number of esters is 1. The van der Waals surface area contributed by atoms with Gasteiger partial charge in [0.15, 0.2) is 5.75 Å². The van der Waals surface area contributed by atoms with E-state index in [1.807, 2.05) is 37.3 Å².